The van der Waals surface area contributed by atoms with E-state index in [4.69, 9.17) is 19.2 Å². The normalized spacial score (nSPS) is 25.2. The van der Waals surface area contributed by atoms with E-state index < -0.39 is 53.2 Å². The number of hydrogen-bond acceptors (Lipinski definition) is 11. The largest absolute Gasteiger partial charge is 0.497 e. The number of hydrogen-bond donors (Lipinski definition) is 4. The van der Waals surface area contributed by atoms with Gasteiger partial charge in [0.15, 0.2) is 5.13 Å². The summed E-state index contributed by atoms with van der Waals surface area (Å²) >= 11 is 1.24. The fourth-order valence-electron chi connectivity index (χ4n) is 6.91. The number of allylic oxidation sites excluding steroid dienone is 1. The number of thiazole rings is 1. The van der Waals surface area contributed by atoms with E-state index in [2.05, 4.69) is 20.9 Å². The molecule has 4 heterocycles. The minimum atomic E-state index is -1.48. The first-order valence-electron chi connectivity index (χ1n) is 18.1. The van der Waals surface area contributed by atoms with Crippen LogP contribution in [0.3, 0.4) is 0 Å². The van der Waals surface area contributed by atoms with E-state index in [9.17, 15) is 29.1 Å². The molecule has 288 valence electrons. The minimum absolute atomic E-state index is 0.0223. The molecule has 0 radical (unpaired) electrons. The molecule has 0 bridgehead atoms. The number of carbonyl (C=O) groups excluding carboxylic acids is 4. The van der Waals surface area contributed by atoms with Gasteiger partial charge in [-0.1, -0.05) is 25.0 Å². The molecule has 2 aliphatic heterocycles. The Bertz CT molecular complexity index is 1980. The Morgan fingerprint density at radius 2 is 1.89 bits per heavy atom. The zero-order valence-corrected chi connectivity index (χ0v) is 31.8. The third kappa shape index (κ3) is 8.75. The van der Waals surface area contributed by atoms with Gasteiger partial charge < -0.3 is 40.2 Å². The van der Waals surface area contributed by atoms with Gasteiger partial charge in [0, 0.05) is 42.2 Å². The van der Waals surface area contributed by atoms with Crippen LogP contribution in [-0.4, -0.2) is 92.7 Å². The van der Waals surface area contributed by atoms with Gasteiger partial charge in [-0.15, -0.1) is 11.3 Å². The molecule has 4 amide bonds. The maximum absolute atomic E-state index is 14.4. The van der Waals surface area contributed by atoms with Crippen LogP contribution in [0.15, 0.2) is 41.8 Å². The van der Waals surface area contributed by atoms with Crippen LogP contribution in [-0.2, 0) is 23.9 Å². The van der Waals surface area contributed by atoms with E-state index in [0.29, 0.717) is 51.8 Å². The number of nitrogens with zero attached hydrogens (tertiary/aromatic N) is 3. The molecule has 1 saturated carbocycles. The second-order valence-corrected chi connectivity index (χ2v) is 15.8. The highest BCUT2D eigenvalue weighted by molar-refractivity contribution is 7.14. The van der Waals surface area contributed by atoms with E-state index in [1.54, 1.807) is 57.5 Å². The zero-order chi connectivity index (χ0) is 38.8. The van der Waals surface area contributed by atoms with Crippen LogP contribution in [0.25, 0.3) is 22.3 Å². The van der Waals surface area contributed by atoms with Gasteiger partial charge >= 0.3 is 12.1 Å². The molecule has 1 aliphatic carbocycles. The molecule has 5 atom stereocenters. The van der Waals surface area contributed by atoms with Crippen LogP contribution < -0.4 is 25.4 Å². The quantitative estimate of drug-likeness (QED) is 0.235. The van der Waals surface area contributed by atoms with Crippen molar-refractivity contribution in [2.75, 3.05) is 19.0 Å². The van der Waals surface area contributed by atoms with Gasteiger partial charge in [0.1, 0.15) is 46.5 Å². The molecule has 54 heavy (non-hydrogen) atoms. The minimum Gasteiger partial charge on any atom is -0.497 e. The second-order valence-electron chi connectivity index (χ2n) is 14.9. The summed E-state index contributed by atoms with van der Waals surface area (Å²) in [5.74, 6) is -1.91. The Kier molecular flexibility index (Phi) is 11.1. The van der Waals surface area contributed by atoms with Crippen molar-refractivity contribution in [2.45, 2.75) is 102 Å². The number of carbonyl (C=O) groups is 5. The van der Waals surface area contributed by atoms with Gasteiger partial charge in [0.25, 0.3) is 0 Å². The van der Waals surface area contributed by atoms with Crippen LogP contribution in [0.1, 0.15) is 72.6 Å². The molecule has 0 spiro atoms. The predicted molar refractivity (Wildman–Crippen MR) is 200 cm³/mol. The number of alkyl carbamates (subject to hydrolysis) is 1. The molecule has 6 rings (SSSR count). The average molecular weight is 763 g/mol. The number of fused-ring (bicyclic) bond motifs is 3. The SMILES string of the molecule is COc1ccc2c(O[C@@H]3C[C@H]4C(=O)N[C@]5(C(=O)O)C[C@H]5/C=C\CCCCC[C@H](NC(=O)OC(C)(C)C)C(=O)N4C3)cc(-c3csc(NC(C)=O)n3)nc2c1. The number of anilines is 1. The van der Waals surface area contributed by atoms with Crippen molar-refractivity contribution in [3.05, 3.63) is 41.8 Å². The van der Waals surface area contributed by atoms with E-state index in [1.807, 2.05) is 12.2 Å². The van der Waals surface area contributed by atoms with Crippen molar-refractivity contribution >= 4 is 57.2 Å². The summed E-state index contributed by atoms with van der Waals surface area (Å²) < 4.78 is 17.6. The number of benzene rings is 1. The Labute approximate surface area is 316 Å². The molecule has 1 saturated heterocycles. The summed E-state index contributed by atoms with van der Waals surface area (Å²) in [6.07, 6.45) is 5.88. The zero-order valence-electron chi connectivity index (χ0n) is 31.0. The van der Waals surface area contributed by atoms with Crippen molar-refractivity contribution in [3.63, 3.8) is 0 Å². The smallest absolute Gasteiger partial charge is 0.408 e. The number of methoxy groups -OCH3 is 1. The Morgan fingerprint density at radius 3 is 2.61 bits per heavy atom. The molecule has 2 fully saturated rings. The van der Waals surface area contributed by atoms with Crippen molar-refractivity contribution in [2.24, 2.45) is 5.92 Å². The summed E-state index contributed by atoms with van der Waals surface area (Å²) in [6.45, 7) is 6.55. The van der Waals surface area contributed by atoms with E-state index in [0.717, 1.165) is 19.3 Å². The summed E-state index contributed by atoms with van der Waals surface area (Å²) in [4.78, 5) is 76.4. The standard InChI is InChI=1S/C38H46N6O9S/c1-21(45)39-35-41-29(20-54-35)28-17-31(25-14-13-23(51-5)15-27(25)40-28)52-24-16-30-32(46)43-38(34(48)49)18-22(38)11-9-7-6-8-10-12-26(33(47)44(30)19-24)42-36(50)53-37(2,3)4/h9,11,13-15,17,20,22,24,26,30H,6-8,10,12,16,18-19H2,1-5H3,(H,42,50)(H,43,46)(H,48,49)(H,39,41,45)/b11-9-/t22-,24-,26+,30+,38-/m1/s1. The lowest BCUT2D eigenvalue weighted by Gasteiger charge is -2.30. The number of ether oxygens (including phenoxy) is 3. The van der Waals surface area contributed by atoms with Crippen LogP contribution in [0.5, 0.6) is 11.5 Å². The van der Waals surface area contributed by atoms with Crippen LogP contribution >= 0.6 is 11.3 Å². The highest BCUT2D eigenvalue weighted by Crippen LogP contribution is 2.45. The van der Waals surface area contributed by atoms with E-state index in [1.165, 1.54) is 23.2 Å². The average Bonchev–Trinajstić information content (AvgIpc) is 3.38. The molecule has 3 aromatic rings. The number of carboxylic acid groups (broad SMARTS) is 1. The molecule has 1 aromatic carbocycles. The van der Waals surface area contributed by atoms with Gasteiger partial charge in [-0.25, -0.2) is 19.6 Å². The topological polar surface area (TPSA) is 198 Å². The van der Waals surface area contributed by atoms with E-state index >= 15 is 0 Å². The molecule has 2 aromatic heterocycles. The number of carboxylic acids is 1. The Balaban J connectivity index is 1.34. The van der Waals surface area contributed by atoms with Crippen LogP contribution in [0.4, 0.5) is 9.93 Å². The highest BCUT2D eigenvalue weighted by Gasteiger charge is 2.61. The van der Waals surface area contributed by atoms with Crippen LogP contribution in [0.2, 0.25) is 0 Å². The molecule has 15 nitrogen and oxygen atoms in total. The fraction of sp³-hybridized carbons (Fsp3) is 0.500. The lowest BCUT2D eigenvalue weighted by Crippen LogP contribution is -2.56. The Morgan fingerprint density at radius 1 is 1.09 bits per heavy atom. The summed E-state index contributed by atoms with van der Waals surface area (Å²) in [5, 5.41) is 21.2. The third-order valence-electron chi connectivity index (χ3n) is 9.63. The van der Waals surface area contributed by atoms with Gasteiger partial charge in [-0.2, -0.15) is 0 Å². The third-order valence-corrected chi connectivity index (χ3v) is 10.4. The van der Waals surface area contributed by atoms with Crippen LogP contribution in [0, 0.1) is 5.92 Å². The first-order chi connectivity index (χ1) is 25.7. The Hall–Kier alpha value is -5.25. The molecule has 3 aliphatic rings. The van der Waals surface area contributed by atoms with Crippen molar-refractivity contribution < 1.29 is 43.3 Å². The van der Waals surface area contributed by atoms with Gasteiger partial charge in [0.05, 0.1) is 24.9 Å². The number of amides is 4. The summed E-state index contributed by atoms with van der Waals surface area (Å²) in [7, 11) is 1.55. The number of aromatic nitrogens is 2. The molecular formula is C38H46N6O9S. The van der Waals surface area contributed by atoms with Gasteiger partial charge in [-0.05, 0) is 58.6 Å². The molecule has 4 N–H and O–H groups in total. The molecule has 16 heteroatoms. The molecule has 0 unspecified atom stereocenters. The summed E-state index contributed by atoms with van der Waals surface area (Å²) in [5.41, 5.74) is -0.793. The van der Waals surface area contributed by atoms with Gasteiger partial charge in [-0.3, -0.25) is 14.4 Å². The lowest BCUT2D eigenvalue weighted by atomic mass is 10.0. The first-order valence-corrected chi connectivity index (χ1v) is 18.9. The highest BCUT2D eigenvalue weighted by atomic mass is 32.1. The first kappa shape index (κ1) is 38.5. The maximum atomic E-state index is 14.4. The van der Waals surface area contributed by atoms with E-state index in [-0.39, 0.29) is 31.2 Å². The molecular weight excluding hydrogens is 717 g/mol. The number of rotatable bonds is 7. The van der Waals surface area contributed by atoms with Gasteiger partial charge in [0.2, 0.25) is 17.7 Å². The lowest BCUT2D eigenvalue weighted by molar-refractivity contribution is -0.145. The fourth-order valence-corrected chi connectivity index (χ4v) is 7.66. The maximum Gasteiger partial charge on any atom is 0.408 e. The predicted octanol–water partition coefficient (Wildman–Crippen LogP) is 5.05. The summed E-state index contributed by atoms with van der Waals surface area (Å²) in [6, 6.07) is 4.94. The monoisotopic (exact) mass is 762 g/mol. The number of aliphatic carboxylic acids is 1. The number of pyridine rings is 1. The number of nitrogens with one attached hydrogen (secondary N) is 3. The van der Waals surface area contributed by atoms with Crippen molar-refractivity contribution in [1.29, 1.82) is 0 Å². The second kappa shape index (κ2) is 15.6. The van der Waals surface area contributed by atoms with Crippen molar-refractivity contribution in [1.82, 2.24) is 25.5 Å². The van der Waals surface area contributed by atoms with Crippen molar-refractivity contribution in [3.8, 4) is 22.9 Å².